The lowest BCUT2D eigenvalue weighted by molar-refractivity contribution is 0.102. The molecule has 1 aromatic heterocycles. The molecule has 0 aliphatic heterocycles. The fraction of sp³-hybridized carbons (Fsp3) is 0.158. The zero-order chi connectivity index (χ0) is 18.7. The zero-order valence-corrected chi connectivity index (χ0v) is 16.9. The van der Waals surface area contributed by atoms with Crippen LogP contribution in [0.2, 0.25) is 0 Å². The van der Waals surface area contributed by atoms with E-state index in [-0.39, 0.29) is 5.91 Å². The number of benzene rings is 2. The molecule has 2 aromatic carbocycles. The van der Waals surface area contributed by atoms with Gasteiger partial charge in [-0.2, -0.15) is 0 Å². The van der Waals surface area contributed by atoms with E-state index < -0.39 is 0 Å². The Balaban J connectivity index is 1.85. The zero-order valence-electron chi connectivity index (χ0n) is 14.5. The number of carbonyl (C=O) groups is 1. The first-order valence-electron chi connectivity index (χ1n) is 7.78. The highest BCUT2D eigenvalue weighted by Gasteiger charge is 2.15. The van der Waals surface area contributed by atoms with Crippen LogP contribution in [0.25, 0.3) is 11.3 Å². The van der Waals surface area contributed by atoms with E-state index in [0.717, 1.165) is 20.6 Å². The molecular weight excluding hydrogens is 416 g/mol. The van der Waals surface area contributed by atoms with Gasteiger partial charge in [-0.25, -0.2) is 4.98 Å². The molecule has 26 heavy (non-hydrogen) atoms. The summed E-state index contributed by atoms with van der Waals surface area (Å²) in [5.41, 5.74) is 2.29. The fourth-order valence-electron chi connectivity index (χ4n) is 2.47. The number of halogens is 1. The first-order chi connectivity index (χ1) is 12.5. The molecule has 1 amide bonds. The molecule has 0 unspecified atom stereocenters. The van der Waals surface area contributed by atoms with Crippen LogP contribution in [0, 0.1) is 6.92 Å². The first-order valence-corrected chi connectivity index (χ1v) is 9.39. The van der Waals surface area contributed by atoms with Crippen molar-refractivity contribution in [2.24, 2.45) is 0 Å². The van der Waals surface area contributed by atoms with Gasteiger partial charge < -0.3 is 9.47 Å². The fourth-order valence-corrected chi connectivity index (χ4v) is 3.57. The number of nitrogens with zero attached hydrogens (tertiary/aromatic N) is 1. The Labute approximate surface area is 164 Å². The van der Waals surface area contributed by atoms with E-state index in [2.05, 4.69) is 26.2 Å². The van der Waals surface area contributed by atoms with Crippen molar-refractivity contribution in [2.45, 2.75) is 6.92 Å². The SMILES string of the molecule is COc1ccc(-c2nc(NC(=O)c3ccc(Br)cc3)sc2C)cc1OC. The van der Waals surface area contributed by atoms with Crippen molar-refractivity contribution in [1.29, 1.82) is 0 Å². The Morgan fingerprint density at radius 1 is 1.08 bits per heavy atom. The van der Waals surface area contributed by atoms with E-state index in [1.165, 1.54) is 11.3 Å². The van der Waals surface area contributed by atoms with Crippen LogP contribution in [0.15, 0.2) is 46.9 Å². The normalized spacial score (nSPS) is 10.5. The number of hydrogen-bond acceptors (Lipinski definition) is 5. The van der Waals surface area contributed by atoms with Crippen LogP contribution >= 0.6 is 27.3 Å². The number of thiazole rings is 1. The van der Waals surface area contributed by atoms with Crippen LogP contribution in [0.1, 0.15) is 15.2 Å². The van der Waals surface area contributed by atoms with Crippen molar-refractivity contribution in [3.8, 4) is 22.8 Å². The van der Waals surface area contributed by atoms with E-state index >= 15 is 0 Å². The summed E-state index contributed by atoms with van der Waals surface area (Å²) < 4.78 is 11.5. The minimum absolute atomic E-state index is 0.190. The summed E-state index contributed by atoms with van der Waals surface area (Å²) in [6.45, 7) is 1.97. The van der Waals surface area contributed by atoms with Crippen LogP contribution in [0.5, 0.6) is 11.5 Å². The van der Waals surface area contributed by atoms with Gasteiger partial charge in [-0.15, -0.1) is 11.3 Å². The molecule has 0 bridgehead atoms. The lowest BCUT2D eigenvalue weighted by Crippen LogP contribution is -2.11. The summed E-state index contributed by atoms with van der Waals surface area (Å²) in [5.74, 6) is 1.11. The first kappa shape index (κ1) is 18.4. The third kappa shape index (κ3) is 3.89. The quantitative estimate of drug-likeness (QED) is 0.605. The molecule has 3 rings (SSSR count). The van der Waals surface area contributed by atoms with Crippen molar-refractivity contribution in [3.63, 3.8) is 0 Å². The molecule has 0 aliphatic rings. The predicted molar refractivity (Wildman–Crippen MR) is 107 cm³/mol. The third-order valence-electron chi connectivity index (χ3n) is 3.78. The van der Waals surface area contributed by atoms with Gasteiger partial charge in [-0.3, -0.25) is 10.1 Å². The van der Waals surface area contributed by atoms with E-state index in [1.54, 1.807) is 26.4 Å². The molecule has 134 valence electrons. The number of amides is 1. The number of carbonyl (C=O) groups excluding carboxylic acids is 1. The summed E-state index contributed by atoms with van der Waals surface area (Å²) in [4.78, 5) is 17.9. The maximum absolute atomic E-state index is 12.4. The Morgan fingerprint density at radius 2 is 1.77 bits per heavy atom. The van der Waals surface area contributed by atoms with Crippen LogP contribution < -0.4 is 14.8 Å². The van der Waals surface area contributed by atoms with Gasteiger partial charge in [0.2, 0.25) is 0 Å². The predicted octanol–water partition coefficient (Wildman–Crippen LogP) is 5.15. The lowest BCUT2D eigenvalue weighted by Gasteiger charge is -2.08. The van der Waals surface area contributed by atoms with Gasteiger partial charge in [-0.05, 0) is 49.4 Å². The maximum atomic E-state index is 12.4. The molecule has 0 atom stereocenters. The van der Waals surface area contributed by atoms with Gasteiger partial charge in [0.05, 0.1) is 19.9 Å². The second kappa shape index (κ2) is 7.88. The molecule has 0 radical (unpaired) electrons. The highest BCUT2D eigenvalue weighted by molar-refractivity contribution is 9.10. The number of aryl methyl sites for hydroxylation is 1. The molecule has 1 N–H and O–H groups in total. The van der Waals surface area contributed by atoms with Gasteiger partial charge >= 0.3 is 0 Å². The van der Waals surface area contributed by atoms with Crippen LogP contribution in [0.4, 0.5) is 5.13 Å². The van der Waals surface area contributed by atoms with Gasteiger partial charge in [0.25, 0.3) is 5.91 Å². The summed E-state index contributed by atoms with van der Waals surface area (Å²) in [7, 11) is 3.20. The number of nitrogens with one attached hydrogen (secondary N) is 1. The standard InChI is InChI=1S/C19H17BrN2O3S/c1-11-17(13-6-9-15(24-2)16(10-13)25-3)21-19(26-11)22-18(23)12-4-7-14(20)8-5-12/h4-10H,1-3H3,(H,21,22,23). The van der Waals surface area contributed by atoms with Crippen LogP contribution in [-0.4, -0.2) is 25.1 Å². The molecular formula is C19H17BrN2O3S. The number of aromatic nitrogens is 1. The molecule has 5 nitrogen and oxygen atoms in total. The molecule has 0 fully saturated rings. The maximum Gasteiger partial charge on any atom is 0.257 e. The van der Waals surface area contributed by atoms with E-state index in [1.807, 2.05) is 37.3 Å². The highest BCUT2D eigenvalue weighted by Crippen LogP contribution is 2.36. The summed E-state index contributed by atoms with van der Waals surface area (Å²) >= 11 is 4.80. The second-order valence-electron chi connectivity index (χ2n) is 5.45. The highest BCUT2D eigenvalue weighted by atomic mass is 79.9. The average Bonchev–Trinajstić information content (AvgIpc) is 3.01. The van der Waals surface area contributed by atoms with Gasteiger partial charge in [-0.1, -0.05) is 15.9 Å². The van der Waals surface area contributed by atoms with Crippen molar-refractivity contribution < 1.29 is 14.3 Å². The van der Waals surface area contributed by atoms with Crippen molar-refractivity contribution in [2.75, 3.05) is 19.5 Å². The van der Waals surface area contributed by atoms with E-state index in [4.69, 9.17) is 9.47 Å². The molecule has 0 saturated heterocycles. The Bertz CT molecular complexity index is 938. The Kier molecular flexibility index (Phi) is 5.58. The minimum Gasteiger partial charge on any atom is -0.493 e. The number of hydrogen-bond donors (Lipinski definition) is 1. The lowest BCUT2D eigenvalue weighted by atomic mass is 10.1. The van der Waals surface area contributed by atoms with Crippen LogP contribution in [-0.2, 0) is 0 Å². The monoisotopic (exact) mass is 432 g/mol. The summed E-state index contributed by atoms with van der Waals surface area (Å²) in [6.07, 6.45) is 0. The second-order valence-corrected chi connectivity index (χ2v) is 7.57. The largest absolute Gasteiger partial charge is 0.493 e. The summed E-state index contributed by atoms with van der Waals surface area (Å²) in [6, 6.07) is 12.8. The van der Waals surface area contributed by atoms with E-state index in [9.17, 15) is 4.79 Å². The number of methoxy groups -OCH3 is 2. The number of rotatable bonds is 5. The molecule has 0 saturated carbocycles. The van der Waals surface area contributed by atoms with Gasteiger partial charge in [0.15, 0.2) is 16.6 Å². The van der Waals surface area contributed by atoms with Gasteiger partial charge in [0.1, 0.15) is 0 Å². The average molecular weight is 433 g/mol. The van der Waals surface area contributed by atoms with E-state index in [0.29, 0.717) is 22.2 Å². The molecule has 0 aliphatic carbocycles. The Morgan fingerprint density at radius 3 is 2.42 bits per heavy atom. The topological polar surface area (TPSA) is 60.5 Å². The number of ether oxygens (including phenoxy) is 2. The molecule has 0 spiro atoms. The van der Waals surface area contributed by atoms with Crippen molar-refractivity contribution in [1.82, 2.24) is 4.98 Å². The molecule has 7 heteroatoms. The molecule has 1 heterocycles. The minimum atomic E-state index is -0.190. The van der Waals surface area contributed by atoms with Crippen molar-refractivity contribution in [3.05, 3.63) is 57.4 Å². The van der Waals surface area contributed by atoms with Crippen molar-refractivity contribution >= 4 is 38.3 Å². The van der Waals surface area contributed by atoms with Crippen LogP contribution in [0.3, 0.4) is 0 Å². The molecule has 3 aromatic rings. The van der Waals surface area contributed by atoms with Gasteiger partial charge in [0, 0.05) is 20.5 Å². The summed E-state index contributed by atoms with van der Waals surface area (Å²) in [5, 5.41) is 3.41. The third-order valence-corrected chi connectivity index (χ3v) is 5.20. The Hall–Kier alpha value is -2.38. The smallest absolute Gasteiger partial charge is 0.257 e. The number of anilines is 1.